The van der Waals surface area contributed by atoms with Gasteiger partial charge in [0.1, 0.15) is 18.3 Å². The summed E-state index contributed by atoms with van der Waals surface area (Å²) in [5.74, 6) is -2.68. The fourth-order valence-corrected chi connectivity index (χ4v) is 4.49. The molecule has 2 heterocycles. The molecule has 0 spiro atoms. The second-order valence-corrected chi connectivity index (χ2v) is 11.7. The molecule has 1 fully saturated rings. The zero-order valence-corrected chi connectivity index (χ0v) is 26.4. The molecule has 0 bridgehead atoms. The van der Waals surface area contributed by atoms with Crippen molar-refractivity contribution in [1.82, 2.24) is 0 Å². The summed E-state index contributed by atoms with van der Waals surface area (Å²) in [6, 6.07) is 28.0. The van der Waals surface area contributed by atoms with Gasteiger partial charge in [-0.3, -0.25) is 4.79 Å². The Morgan fingerprint density at radius 2 is 1.14 bits per heavy atom. The molecule has 17 heteroatoms. The SMILES string of the molecule is NC(=O)c1ccc[n+]([C@@H]2O[C@H](COC(=O)c3ccccc3)[C@@H](OC(=O)c3ccccc3)[C@H]2OC(=O)c2ccccc2)c1.O=S(=O)([O-])C(F)(F)F. The van der Waals surface area contributed by atoms with Gasteiger partial charge in [-0.2, -0.15) is 17.7 Å². The Morgan fingerprint density at radius 1 is 0.720 bits per heavy atom. The maximum absolute atomic E-state index is 13.2. The van der Waals surface area contributed by atoms with Crippen LogP contribution in [-0.4, -0.2) is 67.2 Å². The van der Waals surface area contributed by atoms with Gasteiger partial charge in [-0.1, -0.05) is 54.6 Å². The van der Waals surface area contributed by atoms with Crippen LogP contribution in [0.1, 0.15) is 47.7 Å². The molecule has 1 saturated heterocycles. The van der Waals surface area contributed by atoms with Crippen LogP contribution in [0.5, 0.6) is 0 Å². The first-order valence-corrected chi connectivity index (χ1v) is 15.8. The van der Waals surface area contributed by atoms with E-state index >= 15 is 0 Å². The molecule has 5 rings (SSSR count). The molecular weight excluding hydrogens is 689 g/mol. The van der Waals surface area contributed by atoms with Crippen LogP contribution >= 0.6 is 0 Å². The van der Waals surface area contributed by atoms with Gasteiger partial charge in [0, 0.05) is 6.07 Å². The number of pyridine rings is 1. The van der Waals surface area contributed by atoms with E-state index in [-0.39, 0.29) is 23.3 Å². The van der Waals surface area contributed by atoms with Crippen molar-refractivity contribution in [3.05, 3.63) is 138 Å². The predicted molar refractivity (Wildman–Crippen MR) is 163 cm³/mol. The number of nitrogens with zero attached hydrogens (tertiary/aromatic N) is 1. The molecule has 4 aromatic rings. The van der Waals surface area contributed by atoms with Crippen molar-refractivity contribution in [3.63, 3.8) is 0 Å². The first-order valence-electron chi connectivity index (χ1n) is 14.4. The van der Waals surface area contributed by atoms with Crippen LogP contribution < -0.4 is 10.3 Å². The fourth-order valence-electron chi connectivity index (χ4n) is 4.49. The number of benzene rings is 3. The minimum atomic E-state index is -6.09. The zero-order valence-electron chi connectivity index (χ0n) is 25.5. The van der Waals surface area contributed by atoms with E-state index in [0.29, 0.717) is 5.56 Å². The Hall–Kier alpha value is -5.65. The minimum absolute atomic E-state index is 0.172. The molecule has 1 aliphatic rings. The third-order valence-electron chi connectivity index (χ3n) is 6.86. The highest BCUT2D eigenvalue weighted by Gasteiger charge is 2.55. The topological polar surface area (TPSA) is 192 Å². The van der Waals surface area contributed by atoms with E-state index in [2.05, 4.69) is 0 Å². The van der Waals surface area contributed by atoms with E-state index in [1.807, 2.05) is 0 Å². The van der Waals surface area contributed by atoms with E-state index in [9.17, 15) is 32.3 Å². The van der Waals surface area contributed by atoms with Gasteiger partial charge in [0.2, 0.25) is 6.10 Å². The number of carbonyl (C=O) groups excluding carboxylic acids is 4. The average molecular weight is 717 g/mol. The van der Waals surface area contributed by atoms with Crippen LogP contribution in [0, 0.1) is 0 Å². The summed E-state index contributed by atoms with van der Waals surface area (Å²) in [6.45, 7) is -0.327. The third-order valence-corrected chi connectivity index (χ3v) is 7.43. The van der Waals surface area contributed by atoms with E-state index in [4.69, 9.17) is 37.7 Å². The molecule has 0 unspecified atom stereocenters. The Morgan fingerprint density at radius 3 is 1.58 bits per heavy atom. The average Bonchev–Trinajstić information content (AvgIpc) is 3.43. The first-order chi connectivity index (χ1) is 23.7. The molecule has 0 aliphatic carbocycles. The number of esters is 3. The van der Waals surface area contributed by atoms with Gasteiger partial charge in [-0.25, -0.2) is 22.8 Å². The van der Waals surface area contributed by atoms with E-state index in [0.717, 1.165) is 0 Å². The van der Waals surface area contributed by atoms with Crippen molar-refractivity contribution in [1.29, 1.82) is 0 Å². The van der Waals surface area contributed by atoms with Crippen molar-refractivity contribution in [3.8, 4) is 0 Å². The highest BCUT2D eigenvalue weighted by molar-refractivity contribution is 7.86. The van der Waals surface area contributed by atoms with Gasteiger partial charge < -0.3 is 29.2 Å². The summed E-state index contributed by atoms with van der Waals surface area (Å²) in [7, 11) is -6.09. The monoisotopic (exact) mass is 716 g/mol. The van der Waals surface area contributed by atoms with Gasteiger partial charge in [-0.15, -0.1) is 0 Å². The lowest BCUT2D eigenvalue weighted by molar-refractivity contribution is -0.765. The van der Waals surface area contributed by atoms with Gasteiger partial charge in [0.15, 0.2) is 28.6 Å². The van der Waals surface area contributed by atoms with Crippen LogP contribution in [0.3, 0.4) is 0 Å². The van der Waals surface area contributed by atoms with Crippen molar-refractivity contribution in [2.75, 3.05) is 6.61 Å². The smallest absolute Gasteiger partial charge is 0.485 e. The molecule has 0 radical (unpaired) electrons. The minimum Gasteiger partial charge on any atom is -0.741 e. The number of rotatable bonds is 9. The molecule has 4 atom stereocenters. The van der Waals surface area contributed by atoms with Gasteiger partial charge in [0.05, 0.1) is 16.7 Å². The molecule has 1 aliphatic heterocycles. The number of alkyl halides is 3. The number of carbonyl (C=O) groups is 4. The molecule has 0 saturated carbocycles. The van der Waals surface area contributed by atoms with Crippen molar-refractivity contribution < 1.29 is 68.8 Å². The van der Waals surface area contributed by atoms with Crippen molar-refractivity contribution in [2.45, 2.75) is 30.0 Å². The lowest BCUT2D eigenvalue weighted by Crippen LogP contribution is -2.49. The Labute approximate surface area is 282 Å². The molecule has 1 amide bonds. The number of hydrogen-bond acceptors (Lipinski definition) is 11. The van der Waals surface area contributed by atoms with Gasteiger partial charge >= 0.3 is 29.6 Å². The first kappa shape index (κ1) is 37.2. The largest absolute Gasteiger partial charge is 0.741 e. The fraction of sp³-hybridized carbons (Fsp3) is 0.182. The highest BCUT2D eigenvalue weighted by atomic mass is 32.2. The van der Waals surface area contributed by atoms with Crippen molar-refractivity contribution >= 4 is 33.9 Å². The summed E-state index contributed by atoms with van der Waals surface area (Å²) >= 11 is 0. The maximum atomic E-state index is 13.2. The summed E-state index contributed by atoms with van der Waals surface area (Å²) in [5.41, 5.74) is 0.860. The number of halogens is 3. The summed E-state index contributed by atoms with van der Waals surface area (Å²) in [6.07, 6.45) is -1.51. The predicted octanol–water partition coefficient (Wildman–Crippen LogP) is 3.33. The Balaban J connectivity index is 0.000000627. The lowest BCUT2D eigenvalue weighted by Gasteiger charge is -2.23. The number of ether oxygens (including phenoxy) is 4. The van der Waals surface area contributed by atoms with E-state index in [1.54, 1.807) is 103 Å². The van der Waals surface area contributed by atoms with Crippen LogP contribution in [-0.2, 0) is 29.1 Å². The van der Waals surface area contributed by atoms with Crippen LogP contribution in [0.15, 0.2) is 116 Å². The highest BCUT2D eigenvalue weighted by Crippen LogP contribution is 2.32. The number of primary amides is 1. The van der Waals surface area contributed by atoms with E-state index < -0.39 is 64.0 Å². The Bertz CT molecular complexity index is 1910. The summed E-state index contributed by atoms with van der Waals surface area (Å²) in [5, 5.41) is 0. The number of nitrogens with two attached hydrogens (primary N) is 1. The normalized spacial score (nSPS) is 18.6. The number of aromatic nitrogens is 1. The third kappa shape index (κ3) is 9.71. The standard InChI is InChI=1S/C32H26N2O8.CHF3O3S/c33-28(35)24-17-10-18-34(19-24)29-27(42-32(38)23-15-8-3-9-16-23)26(41-31(37)22-13-6-2-7-14-22)25(40-29)20-39-30(36)21-11-4-1-5-12-21;2-1(3,4)8(5,6)7/h1-19,25-27,29H,20H2,(H-,33,35);(H,5,6,7)/t25-,26-,27-,29-;/m1./s1. The van der Waals surface area contributed by atoms with Crippen LogP contribution in [0.4, 0.5) is 13.2 Å². The van der Waals surface area contributed by atoms with Crippen LogP contribution in [0.2, 0.25) is 0 Å². The molecule has 262 valence electrons. The summed E-state index contributed by atoms with van der Waals surface area (Å²) < 4.78 is 84.0. The van der Waals surface area contributed by atoms with Crippen molar-refractivity contribution in [2.24, 2.45) is 5.73 Å². The van der Waals surface area contributed by atoms with Gasteiger partial charge in [-0.05, 0) is 42.5 Å². The molecule has 1 aromatic heterocycles. The molecule has 13 nitrogen and oxygen atoms in total. The van der Waals surface area contributed by atoms with E-state index in [1.165, 1.54) is 16.8 Å². The number of hydrogen-bond donors (Lipinski definition) is 1. The second-order valence-electron chi connectivity index (χ2n) is 10.3. The molecule has 3 aromatic carbocycles. The second kappa shape index (κ2) is 16.2. The maximum Gasteiger partial charge on any atom is 0.485 e. The summed E-state index contributed by atoms with van der Waals surface area (Å²) in [4.78, 5) is 51.1. The van der Waals surface area contributed by atoms with Gasteiger partial charge in [0.25, 0.3) is 5.91 Å². The lowest BCUT2D eigenvalue weighted by atomic mass is 10.1. The molecular formula is C33H27F3N2O11S. The molecule has 2 N–H and O–H groups in total. The number of amides is 1. The van der Waals surface area contributed by atoms with Crippen LogP contribution in [0.25, 0.3) is 0 Å². The molecule has 50 heavy (non-hydrogen) atoms. The zero-order chi connectivity index (χ0) is 36.5. The Kier molecular flexibility index (Phi) is 12.0. The quantitative estimate of drug-likeness (QED) is 0.0879.